The Hall–Kier alpha value is -5.52. The van der Waals surface area contributed by atoms with Gasteiger partial charge in [0, 0.05) is 52.6 Å². The summed E-state index contributed by atoms with van der Waals surface area (Å²) >= 11 is 5.65. The van der Waals surface area contributed by atoms with Crippen molar-refractivity contribution in [1.29, 1.82) is 0 Å². The summed E-state index contributed by atoms with van der Waals surface area (Å²) in [6, 6.07) is 21.2. The minimum absolute atomic E-state index is 0.0707. The number of pyridine rings is 3. The van der Waals surface area contributed by atoms with E-state index in [0.29, 0.717) is 88.8 Å². The third kappa shape index (κ3) is 10.6. The number of fused-ring (bicyclic) bond motifs is 3. The molecule has 0 amide bonds. The fourth-order valence-electron chi connectivity index (χ4n) is 7.56. The molecule has 0 aliphatic carbocycles. The molecule has 3 fully saturated rings. The van der Waals surface area contributed by atoms with Crippen LogP contribution in [0.1, 0.15) is 16.7 Å². The number of aromatic nitrogens is 3. The number of phenolic OH excluding ortho intramolecular Hbond substituents is 1. The van der Waals surface area contributed by atoms with Crippen LogP contribution in [0.5, 0.6) is 17.2 Å². The van der Waals surface area contributed by atoms with Crippen molar-refractivity contribution in [2.75, 3.05) is 52.1 Å². The molecule has 16 heteroatoms. The van der Waals surface area contributed by atoms with Gasteiger partial charge in [0.2, 0.25) is 0 Å². The lowest BCUT2D eigenvalue weighted by atomic mass is 10.1. The Morgan fingerprint density at radius 1 is 0.597 bits per heavy atom. The lowest BCUT2D eigenvalue weighted by Crippen LogP contribution is -2.27. The predicted molar refractivity (Wildman–Crippen MR) is 235 cm³/mol. The number of ether oxygens (including phenoxy) is 8. The minimum atomic E-state index is -0.397. The maximum absolute atomic E-state index is 12.4. The van der Waals surface area contributed by atoms with Gasteiger partial charge in [-0.2, -0.15) is 0 Å². The van der Waals surface area contributed by atoms with E-state index in [9.17, 15) is 19.5 Å². The lowest BCUT2D eigenvalue weighted by Gasteiger charge is -2.16. The number of hydrogen-bond acceptors (Lipinski definition) is 12. The maximum Gasteiger partial charge on any atom is 0.251 e. The summed E-state index contributed by atoms with van der Waals surface area (Å²) < 4.78 is 48.3. The Bertz CT molecular complexity index is 2710. The van der Waals surface area contributed by atoms with Crippen molar-refractivity contribution in [3.05, 3.63) is 133 Å². The van der Waals surface area contributed by atoms with Crippen molar-refractivity contribution < 1.29 is 43.0 Å². The van der Waals surface area contributed by atoms with Gasteiger partial charge in [-0.05, 0) is 73.9 Å². The molecule has 0 unspecified atom stereocenters. The van der Waals surface area contributed by atoms with E-state index in [0.717, 1.165) is 43.9 Å². The molecule has 0 spiro atoms. The first-order valence-corrected chi connectivity index (χ1v) is 20.8. The van der Waals surface area contributed by atoms with Crippen LogP contribution in [0.3, 0.4) is 0 Å². The zero-order chi connectivity index (χ0) is 43.8. The molecule has 0 saturated carbocycles. The van der Waals surface area contributed by atoms with Crippen LogP contribution in [0.2, 0.25) is 0 Å². The quantitative estimate of drug-likeness (QED) is 0.122. The summed E-state index contributed by atoms with van der Waals surface area (Å²) in [5.74, 6) is 1.90. The number of rotatable bonds is 11. The van der Waals surface area contributed by atoms with Gasteiger partial charge in [0.15, 0.2) is 18.9 Å². The van der Waals surface area contributed by atoms with Crippen LogP contribution in [0.4, 0.5) is 0 Å². The van der Waals surface area contributed by atoms with Crippen molar-refractivity contribution in [3.63, 3.8) is 0 Å². The van der Waals surface area contributed by atoms with Crippen LogP contribution >= 0.6 is 11.6 Å². The number of phenols is 1. The van der Waals surface area contributed by atoms with Gasteiger partial charge < -0.3 is 56.7 Å². The van der Waals surface area contributed by atoms with Crippen LogP contribution in [0.25, 0.3) is 32.7 Å². The predicted octanol–water partition coefficient (Wildman–Crippen LogP) is 5.89. The molecule has 6 heterocycles. The van der Waals surface area contributed by atoms with Gasteiger partial charge in [0.25, 0.3) is 16.7 Å². The largest absolute Gasteiger partial charge is 0.508 e. The smallest absolute Gasteiger partial charge is 0.251 e. The number of halogens is 1. The van der Waals surface area contributed by atoms with Gasteiger partial charge in [-0.25, -0.2) is 0 Å². The molecule has 0 atom stereocenters. The van der Waals surface area contributed by atoms with Crippen molar-refractivity contribution in [1.82, 2.24) is 13.7 Å². The number of aromatic hydroxyl groups is 1. The zero-order valence-corrected chi connectivity index (χ0v) is 35.6. The average Bonchev–Trinajstić information content (AvgIpc) is 4.08. The summed E-state index contributed by atoms with van der Waals surface area (Å²) in [5, 5.41) is 12.6. The van der Waals surface area contributed by atoms with Crippen LogP contribution in [0.15, 0.2) is 100 Å². The first kappa shape index (κ1) is 44.5. The lowest BCUT2D eigenvalue weighted by molar-refractivity contribution is -0.0525. The first-order chi connectivity index (χ1) is 30.0. The average molecular weight is 872 g/mol. The monoisotopic (exact) mass is 871 g/mol. The third-order valence-electron chi connectivity index (χ3n) is 10.5. The molecular weight excluding hydrogens is 822 g/mol. The van der Waals surface area contributed by atoms with Crippen LogP contribution in [0, 0.1) is 20.8 Å². The molecule has 1 N–H and O–H groups in total. The first-order valence-electron chi connectivity index (χ1n) is 20.3. The molecule has 3 aliphatic heterocycles. The standard InChI is InChI=1S/C16H18ClNO4.C16H17NO4.C14H15NO4/c1-11-8-15(19)18(10-16-21-6-7-22-16)14-9-12(20-5-4-17)2-3-13(11)14;1-3-19-12-4-5-13-11(2)8-15(18)17(14(13)9-12)10-16-20-6-7-21-16;1-9-6-13(17)15(8-14-18-4-5-19-14)12-7-10(16)2-3-11(9)12/h2-3,8-9,16H,4-7,10H2,1H3;3-5,8-9,16H,1,6-7,10H2,2H3;2-3,6-7,14,16H,4-5,8H2,1H3. The summed E-state index contributed by atoms with van der Waals surface area (Å²) in [6.07, 6.45) is 0.211. The van der Waals surface area contributed by atoms with E-state index in [1.165, 1.54) is 6.26 Å². The highest BCUT2D eigenvalue weighted by atomic mass is 35.5. The summed E-state index contributed by atoms with van der Waals surface area (Å²) in [4.78, 5) is 36.8. The highest BCUT2D eigenvalue weighted by Crippen LogP contribution is 2.26. The Labute approximate surface area is 362 Å². The summed E-state index contributed by atoms with van der Waals surface area (Å²) in [5.41, 5.74) is 4.82. The number of aryl methyl sites for hydroxylation is 3. The molecule has 328 valence electrons. The summed E-state index contributed by atoms with van der Waals surface area (Å²) in [7, 11) is 0. The van der Waals surface area contributed by atoms with Gasteiger partial charge in [-0.3, -0.25) is 14.4 Å². The molecule has 9 rings (SSSR count). The van der Waals surface area contributed by atoms with Crippen LogP contribution in [-0.2, 0) is 48.1 Å². The Kier molecular flexibility index (Phi) is 14.8. The molecule has 3 saturated heterocycles. The number of alkyl halides is 1. The molecular formula is C46H50ClN3O12. The zero-order valence-electron chi connectivity index (χ0n) is 34.9. The van der Waals surface area contributed by atoms with Gasteiger partial charge in [0.05, 0.1) is 88.0 Å². The second-order valence-electron chi connectivity index (χ2n) is 14.7. The topological polar surface area (TPSA) is 160 Å². The van der Waals surface area contributed by atoms with Crippen LogP contribution in [-0.4, -0.2) is 89.8 Å². The Morgan fingerprint density at radius 2 is 0.968 bits per heavy atom. The van der Waals surface area contributed by atoms with Crippen molar-refractivity contribution in [2.45, 2.75) is 59.3 Å². The molecule has 15 nitrogen and oxygen atoms in total. The Balaban J connectivity index is 0.000000140. The van der Waals surface area contributed by atoms with Gasteiger partial charge in [-0.1, -0.05) is 6.58 Å². The van der Waals surface area contributed by atoms with Gasteiger partial charge >= 0.3 is 0 Å². The Morgan fingerprint density at radius 3 is 1.37 bits per heavy atom. The van der Waals surface area contributed by atoms with E-state index in [1.54, 1.807) is 44.0 Å². The van der Waals surface area contributed by atoms with Crippen molar-refractivity contribution in [3.8, 4) is 17.2 Å². The second kappa shape index (κ2) is 20.6. The number of nitrogens with zero attached hydrogens (tertiary/aromatic N) is 3. The van der Waals surface area contributed by atoms with Gasteiger partial charge in [-0.15, -0.1) is 11.6 Å². The fraction of sp³-hybridized carbons (Fsp3) is 0.370. The summed E-state index contributed by atoms with van der Waals surface area (Å²) in [6.45, 7) is 14.1. The molecule has 3 aromatic heterocycles. The maximum atomic E-state index is 12.4. The van der Waals surface area contributed by atoms with E-state index in [2.05, 4.69) is 6.58 Å². The van der Waals surface area contributed by atoms with E-state index >= 15 is 0 Å². The van der Waals surface area contributed by atoms with E-state index in [-0.39, 0.29) is 35.0 Å². The highest BCUT2D eigenvalue weighted by Gasteiger charge is 2.21. The molecule has 6 aromatic rings. The number of hydrogen-bond donors (Lipinski definition) is 1. The normalized spacial score (nSPS) is 15.7. The SMILES string of the molecule is C=COc1ccc2c(C)cc(=O)n(CC3OCCO3)c2c1.Cc1cc(=O)n(CC2OCCO2)c2cc(O)ccc12.Cc1cc(=O)n(CC2OCCO2)c2cc(OCCCl)ccc12. The van der Waals surface area contributed by atoms with Gasteiger partial charge in [0.1, 0.15) is 23.9 Å². The van der Waals surface area contributed by atoms with E-state index in [4.69, 9.17) is 49.5 Å². The van der Waals surface area contributed by atoms with Crippen LogP contribution < -0.4 is 26.2 Å². The second-order valence-corrected chi connectivity index (χ2v) is 15.1. The number of benzene rings is 3. The third-order valence-corrected chi connectivity index (χ3v) is 10.7. The molecule has 3 aliphatic rings. The molecule has 0 radical (unpaired) electrons. The minimum Gasteiger partial charge on any atom is -0.508 e. The van der Waals surface area contributed by atoms with E-state index in [1.807, 2.05) is 63.2 Å². The van der Waals surface area contributed by atoms with Crippen molar-refractivity contribution in [2.24, 2.45) is 0 Å². The fourth-order valence-corrected chi connectivity index (χ4v) is 7.64. The molecule has 0 bridgehead atoms. The molecule has 3 aromatic carbocycles. The van der Waals surface area contributed by atoms with E-state index < -0.39 is 6.29 Å². The molecule has 62 heavy (non-hydrogen) atoms. The van der Waals surface area contributed by atoms with Crippen molar-refractivity contribution >= 4 is 44.3 Å². The highest BCUT2D eigenvalue weighted by molar-refractivity contribution is 6.18.